The van der Waals surface area contributed by atoms with Gasteiger partial charge in [0.25, 0.3) is 0 Å². The summed E-state index contributed by atoms with van der Waals surface area (Å²) < 4.78 is 5.38. The van der Waals surface area contributed by atoms with Gasteiger partial charge in [-0.15, -0.1) is 0 Å². The highest BCUT2D eigenvalue weighted by Gasteiger charge is 2.22. The minimum Gasteiger partial charge on any atom is -0.424 e. The molecule has 1 N–H and O–H groups in total. The fourth-order valence-electron chi connectivity index (χ4n) is 2.70. The van der Waals surface area contributed by atoms with Crippen LogP contribution in [0.4, 0.5) is 0 Å². The van der Waals surface area contributed by atoms with Gasteiger partial charge in [-0.2, -0.15) is 0 Å². The van der Waals surface area contributed by atoms with Crippen LogP contribution in [0, 0.1) is 0 Å². The van der Waals surface area contributed by atoms with Crippen molar-refractivity contribution in [3.05, 3.63) is 64.3 Å². The molecule has 0 atom stereocenters. The zero-order chi connectivity index (χ0) is 18.1. The number of fused-ring (bicyclic) bond motifs is 1. The van der Waals surface area contributed by atoms with E-state index in [0.717, 1.165) is 16.5 Å². The van der Waals surface area contributed by atoms with Crippen LogP contribution in [0.15, 0.2) is 42.5 Å². The van der Waals surface area contributed by atoms with Crippen molar-refractivity contribution in [1.82, 2.24) is 4.98 Å². The number of H-pyrrole nitrogens is 1. The summed E-state index contributed by atoms with van der Waals surface area (Å²) in [5.74, 6) is -0.138. The molecule has 0 aliphatic heterocycles. The second-order valence-electron chi connectivity index (χ2n) is 6.22. The van der Waals surface area contributed by atoms with Crippen molar-refractivity contribution in [3.63, 3.8) is 0 Å². The summed E-state index contributed by atoms with van der Waals surface area (Å²) in [6.07, 6.45) is 0. The van der Waals surface area contributed by atoms with Crippen LogP contribution >= 0.6 is 11.6 Å². The van der Waals surface area contributed by atoms with Crippen molar-refractivity contribution < 1.29 is 14.3 Å². The van der Waals surface area contributed by atoms with Gasteiger partial charge in [0.1, 0.15) is 5.69 Å². The number of carbonyl (C=O) groups excluding carboxylic acids is 2. The summed E-state index contributed by atoms with van der Waals surface area (Å²) in [5.41, 5.74) is 2.57. The van der Waals surface area contributed by atoms with E-state index in [1.807, 2.05) is 18.2 Å². The number of aromatic nitrogens is 1. The Kier molecular flexibility index (Phi) is 4.64. The van der Waals surface area contributed by atoms with Crippen LogP contribution in [-0.4, -0.2) is 16.7 Å². The molecule has 4 nitrogen and oxygen atoms in total. The maximum absolute atomic E-state index is 12.9. The third-order valence-corrected chi connectivity index (χ3v) is 4.27. The van der Waals surface area contributed by atoms with Gasteiger partial charge in [-0.05, 0) is 47.9 Å². The molecule has 1 aromatic heterocycles. The maximum Gasteiger partial charge on any atom is 0.308 e. The van der Waals surface area contributed by atoms with Crippen LogP contribution in [0.5, 0.6) is 5.75 Å². The molecule has 3 aromatic rings. The molecule has 1 heterocycles. The van der Waals surface area contributed by atoms with Crippen molar-refractivity contribution >= 4 is 34.3 Å². The third-order valence-electron chi connectivity index (χ3n) is 4.02. The first-order valence-electron chi connectivity index (χ1n) is 8.01. The molecule has 128 valence electrons. The van der Waals surface area contributed by atoms with Crippen LogP contribution in [-0.2, 0) is 4.79 Å². The SMILES string of the molecule is CC(=O)Oc1c(C(=O)c2ccc(Cl)cc2)[nH]c2ccc(C(C)C)cc12. The Balaban J connectivity index is 2.17. The molecule has 0 aliphatic rings. The van der Waals surface area contributed by atoms with E-state index < -0.39 is 5.97 Å². The number of ether oxygens (including phenoxy) is 1. The van der Waals surface area contributed by atoms with Crippen LogP contribution in [0.3, 0.4) is 0 Å². The molecule has 25 heavy (non-hydrogen) atoms. The van der Waals surface area contributed by atoms with Gasteiger partial charge in [-0.1, -0.05) is 31.5 Å². The lowest BCUT2D eigenvalue weighted by Crippen LogP contribution is -2.08. The highest BCUT2D eigenvalue weighted by atomic mass is 35.5. The number of benzene rings is 2. The summed E-state index contributed by atoms with van der Waals surface area (Å²) in [6.45, 7) is 5.49. The number of aromatic amines is 1. The van der Waals surface area contributed by atoms with E-state index in [1.54, 1.807) is 24.3 Å². The fraction of sp³-hybridized carbons (Fsp3) is 0.200. The Morgan fingerprint density at radius 1 is 1.08 bits per heavy atom. The number of hydrogen-bond acceptors (Lipinski definition) is 3. The second-order valence-corrected chi connectivity index (χ2v) is 6.65. The van der Waals surface area contributed by atoms with Crippen LogP contribution in [0.1, 0.15) is 48.3 Å². The quantitative estimate of drug-likeness (QED) is 0.523. The summed E-state index contributed by atoms with van der Waals surface area (Å²) in [6, 6.07) is 12.4. The van der Waals surface area contributed by atoms with Crippen molar-refractivity contribution in [2.24, 2.45) is 0 Å². The van der Waals surface area contributed by atoms with E-state index in [0.29, 0.717) is 16.5 Å². The smallest absolute Gasteiger partial charge is 0.308 e. The minimum atomic E-state index is -0.471. The molecule has 0 spiro atoms. The molecule has 5 heteroatoms. The highest BCUT2D eigenvalue weighted by molar-refractivity contribution is 6.30. The molecule has 0 bridgehead atoms. The van der Waals surface area contributed by atoms with Crippen molar-refractivity contribution in [1.29, 1.82) is 0 Å². The van der Waals surface area contributed by atoms with E-state index in [-0.39, 0.29) is 17.2 Å². The van der Waals surface area contributed by atoms with E-state index in [9.17, 15) is 9.59 Å². The lowest BCUT2D eigenvalue weighted by atomic mass is 10.0. The molecule has 2 aromatic carbocycles. The summed E-state index contributed by atoms with van der Waals surface area (Å²) in [7, 11) is 0. The molecular weight excluding hydrogens is 338 g/mol. The zero-order valence-corrected chi connectivity index (χ0v) is 15.0. The van der Waals surface area contributed by atoms with Gasteiger partial charge in [-0.3, -0.25) is 9.59 Å². The van der Waals surface area contributed by atoms with Gasteiger partial charge in [0, 0.05) is 28.4 Å². The largest absolute Gasteiger partial charge is 0.424 e. The first kappa shape index (κ1) is 17.2. The zero-order valence-electron chi connectivity index (χ0n) is 14.2. The number of hydrogen-bond donors (Lipinski definition) is 1. The molecule has 0 amide bonds. The monoisotopic (exact) mass is 355 g/mol. The molecule has 0 aliphatic carbocycles. The predicted molar refractivity (Wildman–Crippen MR) is 98.6 cm³/mol. The van der Waals surface area contributed by atoms with Crippen LogP contribution in [0.25, 0.3) is 10.9 Å². The number of esters is 1. The average Bonchev–Trinajstić information content (AvgIpc) is 2.92. The van der Waals surface area contributed by atoms with Crippen molar-refractivity contribution in [3.8, 4) is 5.75 Å². The van der Waals surface area contributed by atoms with Gasteiger partial charge < -0.3 is 9.72 Å². The Bertz CT molecular complexity index is 955. The Labute approximate surface area is 150 Å². The van der Waals surface area contributed by atoms with E-state index in [1.165, 1.54) is 6.92 Å². The Hall–Kier alpha value is -2.59. The molecule has 3 rings (SSSR count). The molecule has 0 saturated carbocycles. The number of nitrogens with one attached hydrogen (secondary N) is 1. The van der Waals surface area contributed by atoms with Gasteiger partial charge in [0.05, 0.1) is 0 Å². The van der Waals surface area contributed by atoms with Gasteiger partial charge in [0.2, 0.25) is 5.78 Å². The topological polar surface area (TPSA) is 59.2 Å². The van der Waals surface area contributed by atoms with Gasteiger partial charge in [-0.25, -0.2) is 0 Å². The first-order valence-corrected chi connectivity index (χ1v) is 8.39. The standard InChI is InChI=1S/C20H18ClNO3/c1-11(2)14-6-9-17-16(10-14)20(25-12(3)23)18(22-17)19(24)13-4-7-15(21)8-5-13/h4-11,22H,1-3H3. The third kappa shape index (κ3) is 3.44. The van der Waals surface area contributed by atoms with Crippen LogP contribution < -0.4 is 4.74 Å². The van der Waals surface area contributed by atoms with E-state index in [2.05, 4.69) is 18.8 Å². The normalized spacial score (nSPS) is 11.1. The van der Waals surface area contributed by atoms with E-state index >= 15 is 0 Å². The minimum absolute atomic E-state index is 0.254. The Morgan fingerprint density at radius 3 is 2.36 bits per heavy atom. The van der Waals surface area contributed by atoms with Gasteiger partial charge >= 0.3 is 5.97 Å². The number of halogens is 1. The molecule has 0 fully saturated rings. The second kappa shape index (κ2) is 6.73. The van der Waals surface area contributed by atoms with Crippen molar-refractivity contribution in [2.45, 2.75) is 26.7 Å². The predicted octanol–water partition coefficient (Wildman–Crippen LogP) is 5.10. The fourth-order valence-corrected chi connectivity index (χ4v) is 2.83. The van der Waals surface area contributed by atoms with E-state index in [4.69, 9.17) is 16.3 Å². The highest BCUT2D eigenvalue weighted by Crippen LogP contribution is 2.34. The molecule has 0 unspecified atom stereocenters. The Morgan fingerprint density at radius 2 is 1.76 bits per heavy atom. The lowest BCUT2D eigenvalue weighted by molar-refractivity contribution is -0.131. The number of ketones is 1. The summed E-state index contributed by atoms with van der Waals surface area (Å²) >= 11 is 5.89. The van der Waals surface area contributed by atoms with Gasteiger partial charge in [0.15, 0.2) is 5.75 Å². The lowest BCUT2D eigenvalue weighted by Gasteiger charge is -2.06. The maximum atomic E-state index is 12.9. The first-order chi connectivity index (χ1) is 11.9. The number of rotatable bonds is 4. The number of carbonyl (C=O) groups is 2. The summed E-state index contributed by atoms with van der Waals surface area (Å²) in [4.78, 5) is 27.5. The van der Waals surface area contributed by atoms with Crippen LogP contribution in [0.2, 0.25) is 5.02 Å². The average molecular weight is 356 g/mol. The molecule has 0 radical (unpaired) electrons. The van der Waals surface area contributed by atoms with Crippen molar-refractivity contribution in [2.75, 3.05) is 0 Å². The summed E-state index contributed by atoms with van der Waals surface area (Å²) in [5, 5.41) is 1.27. The molecule has 0 saturated heterocycles. The molecular formula is C20H18ClNO3.